The third-order valence-electron chi connectivity index (χ3n) is 4.69. The Morgan fingerprint density at radius 1 is 1.00 bits per heavy atom. The van der Waals surface area contributed by atoms with Gasteiger partial charge >= 0.3 is 0 Å². The highest BCUT2D eigenvalue weighted by Crippen LogP contribution is 2.36. The highest BCUT2D eigenvalue weighted by Gasteiger charge is 2.24. The van der Waals surface area contributed by atoms with Crippen LogP contribution < -0.4 is 5.32 Å². The van der Waals surface area contributed by atoms with Gasteiger partial charge in [-0.15, -0.1) is 0 Å². The van der Waals surface area contributed by atoms with Gasteiger partial charge in [0.25, 0.3) is 0 Å². The molecular formula is C20H16N4. The summed E-state index contributed by atoms with van der Waals surface area (Å²) in [5, 5.41) is 22.8. The van der Waals surface area contributed by atoms with Crippen molar-refractivity contribution >= 4 is 16.6 Å². The number of aromatic nitrogens is 1. The maximum Gasteiger partial charge on any atom is 0.0991 e. The highest BCUT2D eigenvalue weighted by atomic mass is 15.0. The van der Waals surface area contributed by atoms with E-state index in [0.29, 0.717) is 11.1 Å². The van der Waals surface area contributed by atoms with Crippen LogP contribution in [0.3, 0.4) is 0 Å². The summed E-state index contributed by atoms with van der Waals surface area (Å²) in [6.07, 6.45) is 3.21. The number of rotatable bonds is 2. The Balaban J connectivity index is 1.70. The van der Waals surface area contributed by atoms with Gasteiger partial charge in [0.2, 0.25) is 0 Å². The van der Waals surface area contributed by atoms with Crippen LogP contribution in [0.1, 0.15) is 41.3 Å². The molecule has 0 spiro atoms. The molecule has 4 rings (SSSR count). The Labute approximate surface area is 140 Å². The second-order valence-electron chi connectivity index (χ2n) is 6.17. The lowest BCUT2D eigenvalue weighted by molar-refractivity contribution is 0.593. The van der Waals surface area contributed by atoms with Crippen LogP contribution in [0.4, 0.5) is 5.69 Å². The van der Waals surface area contributed by atoms with Gasteiger partial charge in [-0.1, -0.05) is 0 Å². The van der Waals surface area contributed by atoms with E-state index in [4.69, 9.17) is 10.5 Å². The van der Waals surface area contributed by atoms with Crippen molar-refractivity contribution in [1.82, 2.24) is 4.98 Å². The second-order valence-corrected chi connectivity index (χ2v) is 6.17. The molecule has 0 bridgehead atoms. The molecule has 3 aromatic rings. The van der Waals surface area contributed by atoms with Crippen molar-refractivity contribution in [2.45, 2.75) is 25.3 Å². The molecule has 0 saturated heterocycles. The highest BCUT2D eigenvalue weighted by molar-refractivity contribution is 5.86. The molecule has 0 amide bonds. The Morgan fingerprint density at radius 3 is 2.50 bits per heavy atom. The van der Waals surface area contributed by atoms with E-state index in [-0.39, 0.29) is 6.04 Å². The van der Waals surface area contributed by atoms with Crippen LogP contribution in [-0.4, -0.2) is 4.98 Å². The van der Waals surface area contributed by atoms with Crippen molar-refractivity contribution in [3.8, 4) is 12.1 Å². The van der Waals surface area contributed by atoms with Gasteiger partial charge in [0, 0.05) is 22.3 Å². The largest absolute Gasteiger partial charge is 0.377 e. The molecule has 0 saturated carbocycles. The van der Waals surface area contributed by atoms with Crippen molar-refractivity contribution in [3.63, 3.8) is 0 Å². The third-order valence-corrected chi connectivity index (χ3v) is 4.69. The van der Waals surface area contributed by atoms with Crippen LogP contribution in [0, 0.1) is 22.7 Å². The molecule has 116 valence electrons. The molecule has 2 N–H and O–H groups in total. The average Bonchev–Trinajstić information content (AvgIpc) is 3.01. The molecule has 0 radical (unpaired) electrons. The van der Waals surface area contributed by atoms with Crippen molar-refractivity contribution in [2.24, 2.45) is 0 Å². The molecular weight excluding hydrogens is 296 g/mol. The van der Waals surface area contributed by atoms with Crippen LogP contribution in [-0.2, 0) is 6.42 Å². The van der Waals surface area contributed by atoms with Gasteiger partial charge in [-0.3, -0.25) is 0 Å². The fraction of sp³-hybridized carbons (Fsp3) is 0.200. The fourth-order valence-corrected chi connectivity index (χ4v) is 3.52. The Morgan fingerprint density at radius 2 is 1.75 bits per heavy atom. The molecule has 1 aliphatic rings. The smallest absolute Gasteiger partial charge is 0.0991 e. The Kier molecular flexibility index (Phi) is 3.44. The number of H-pyrrole nitrogens is 1. The zero-order valence-corrected chi connectivity index (χ0v) is 13.1. The van der Waals surface area contributed by atoms with E-state index in [1.807, 2.05) is 42.5 Å². The van der Waals surface area contributed by atoms with Crippen LogP contribution in [0.25, 0.3) is 10.9 Å². The van der Waals surface area contributed by atoms with Gasteiger partial charge < -0.3 is 10.3 Å². The van der Waals surface area contributed by atoms with Crippen LogP contribution >= 0.6 is 0 Å². The first-order valence-electron chi connectivity index (χ1n) is 8.10. The third kappa shape index (κ3) is 2.39. The molecule has 1 aliphatic carbocycles. The van der Waals surface area contributed by atoms with Gasteiger partial charge in [0.15, 0.2) is 0 Å². The molecule has 24 heavy (non-hydrogen) atoms. The number of hydrogen-bond acceptors (Lipinski definition) is 3. The first-order chi connectivity index (χ1) is 11.8. The summed E-state index contributed by atoms with van der Waals surface area (Å²) in [6.45, 7) is 0. The number of anilines is 1. The van der Waals surface area contributed by atoms with Crippen LogP contribution in [0.2, 0.25) is 0 Å². The lowest BCUT2D eigenvalue weighted by Crippen LogP contribution is -2.17. The summed E-state index contributed by atoms with van der Waals surface area (Å²) < 4.78 is 0. The molecule has 1 aromatic heterocycles. The molecule has 4 nitrogen and oxygen atoms in total. The van der Waals surface area contributed by atoms with Crippen LogP contribution in [0.5, 0.6) is 0 Å². The summed E-state index contributed by atoms with van der Waals surface area (Å²) >= 11 is 0. The molecule has 1 heterocycles. The zero-order valence-electron chi connectivity index (χ0n) is 13.1. The minimum atomic E-state index is 0.222. The topological polar surface area (TPSA) is 75.4 Å². The quantitative estimate of drug-likeness (QED) is 0.736. The van der Waals surface area contributed by atoms with E-state index in [1.54, 1.807) is 0 Å². The van der Waals surface area contributed by atoms with E-state index in [9.17, 15) is 0 Å². The predicted octanol–water partition coefficient (Wildman–Crippen LogP) is 4.40. The van der Waals surface area contributed by atoms with Crippen molar-refractivity contribution in [1.29, 1.82) is 10.5 Å². The number of nitrogens with one attached hydrogen (secondary N) is 2. The lowest BCUT2D eigenvalue weighted by atomic mass is 9.91. The SMILES string of the molecule is N#Cc1ccc(NC2CCCc3c2[nH]c2ccc(C#N)cc32)cc1. The predicted molar refractivity (Wildman–Crippen MR) is 93.5 cm³/mol. The van der Waals surface area contributed by atoms with Gasteiger partial charge in [0.1, 0.15) is 0 Å². The van der Waals surface area contributed by atoms with E-state index < -0.39 is 0 Å². The second kappa shape index (κ2) is 5.76. The normalized spacial score (nSPS) is 16.2. The molecule has 4 heteroatoms. The Bertz CT molecular complexity index is 983. The van der Waals surface area contributed by atoms with Crippen LogP contribution in [0.15, 0.2) is 42.5 Å². The first-order valence-corrected chi connectivity index (χ1v) is 8.10. The number of nitrogens with zero attached hydrogens (tertiary/aromatic N) is 2. The van der Waals surface area contributed by atoms with Gasteiger partial charge in [-0.2, -0.15) is 10.5 Å². The number of fused-ring (bicyclic) bond motifs is 3. The number of hydrogen-bond donors (Lipinski definition) is 2. The fourth-order valence-electron chi connectivity index (χ4n) is 3.52. The Hall–Kier alpha value is -3.24. The maximum atomic E-state index is 9.13. The van der Waals surface area contributed by atoms with E-state index in [2.05, 4.69) is 22.4 Å². The first kappa shape index (κ1) is 14.4. The monoisotopic (exact) mass is 312 g/mol. The zero-order chi connectivity index (χ0) is 16.5. The average molecular weight is 312 g/mol. The maximum absolute atomic E-state index is 9.13. The standard InChI is InChI=1S/C20H16N4/c21-11-13-4-7-15(8-5-13)23-19-3-1-2-16-17-10-14(12-22)6-9-18(17)24-20(16)19/h4-10,19,23-24H,1-3H2. The van der Waals surface area contributed by atoms with Crippen molar-refractivity contribution in [2.75, 3.05) is 5.32 Å². The van der Waals surface area contributed by atoms with E-state index in [0.717, 1.165) is 35.9 Å². The summed E-state index contributed by atoms with van der Waals surface area (Å²) in [4.78, 5) is 3.54. The molecule has 1 atom stereocenters. The molecule has 0 fully saturated rings. The minimum Gasteiger partial charge on any atom is -0.377 e. The van der Waals surface area contributed by atoms with Crippen molar-refractivity contribution in [3.05, 3.63) is 64.8 Å². The molecule has 0 aliphatic heterocycles. The summed E-state index contributed by atoms with van der Waals surface area (Å²) in [5.41, 5.74) is 6.01. The van der Waals surface area contributed by atoms with Crippen molar-refractivity contribution < 1.29 is 0 Å². The van der Waals surface area contributed by atoms with E-state index in [1.165, 1.54) is 11.3 Å². The minimum absolute atomic E-state index is 0.222. The number of aryl methyl sites for hydroxylation is 1. The van der Waals surface area contributed by atoms with Gasteiger partial charge in [0.05, 0.1) is 29.3 Å². The lowest BCUT2D eigenvalue weighted by Gasteiger charge is -2.24. The molecule has 1 unspecified atom stereocenters. The number of benzene rings is 2. The van der Waals surface area contributed by atoms with Gasteiger partial charge in [-0.25, -0.2) is 0 Å². The number of nitriles is 2. The molecule has 2 aromatic carbocycles. The van der Waals surface area contributed by atoms with Gasteiger partial charge in [-0.05, 0) is 67.3 Å². The summed E-state index contributed by atoms with van der Waals surface area (Å²) in [5.74, 6) is 0. The number of aromatic amines is 1. The summed E-state index contributed by atoms with van der Waals surface area (Å²) in [7, 11) is 0. The van der Waals surface area contributed by atoms with E-state index >= 15 is 0 Å². The summed E-state index contributed by atoms with van der Waals surface area (Å²) in [6, 6.07) is 18.0.